The molecule has 4 rings (SSSR count). The van der Waals surface area contributed by atoms with E-state index in [9.17, 15) is 4.79 Å². The number of nitrogens with one attached hydrogen (secondary N) is 1. The number of rotatable bonds is 5. The number of hydrogen-bond acceptors (Lipinski definition) is 5. The molecule has 0 spiro atoms. The molecule has 0 saturated carbocycles. The van der Waals surface area contributed by atoms with Crippen LogP contribution >= 0.6 is 0 Å². The van der Waals surface area contributed by atoms with Crippen LogP contribution in [0.2, 0.25) is 0 Å². The first kappa shape index (κ1) is 15.1. The fourth-order valence-corrected chi connectivity index (χ4v) is 2.50. The lowest BCUT2D eigenvalue weighted by molar-refractivity contribution is 0.102. The van der Waals surface area contributed by atoms with Crippen molar-refractivity contribution in [1.29, 1.82) is 0 Å². The van der Waals surface area contributed by atoms with Crippen molar-refractivity contribution < 1.29 is 4.79 Å². The molecule has 0 radical (unpaired) electrons. The normalized spacial score (nSPS) is 11.1. The van der Waals surface area contributed by atoms with Crippen LogP contribution in [0.15, 0.2) is 49.3 Å². The summed E-state index contributed by atoms with van der Waals surface area (Å²) in [6, 6.07) is 3.39. The second-order valence-corrected chi connectivity index (χ2v) is 5.54. The van der Waals surface area contributed by atoms with Crippen LogP contribution in [0, 0.1) is 0 Å². The highest BCUT2D eigenvalue weighted by Gasteiger charge is 2.12. The first-order valence-corrected chi connectivity index (χ1v) is 7.87. The first-order chi connectivity index (χ1) is 12.2. The number of nitrogens with zero attached hydrogens (tertiary/aromatic N) is 7. The highest BCUT2D eigenvalue weighted by molar-refractivity contribution is 6.03. The Morgan fingerprint density at radius 1 is 1.20 bits per heavy atom. The van der Waals surface area contributed by atoms with E-state index in [0.717, 1.165) is 12.1 Å². The fraction of sp³-hybridized carbons (Fsp3) is 0.188. The molecule has 126 valence electrons. The summed E-state index contributed by atoms with van der Waals surface area (Å²) in [5.74, 6) is -0.302. The lowest BCUT2D eigenvalue weighted by Crippen LogP contribution is -2.12. The van der Waals surface area contributed by atoms with Gasteiger partial charge in [-0.1, -0.05) is 0 Å². The molecule has 0 aliphatic heterocycles. The van der Waals surface area contributed by atoms with E-state index in [-0.39, 0.29) is 5.91 Å². The maximum Gasteiger partial charge on any atom is 0.276 e. The zero-order valence-electron chi connectivity index (χ0n) is 13.6. The van der Waals surface area contributed by atoms with Crippen molar-refractivity contribution in [2.24, 2.45) is 0 Å². The van der Waals surface area contributed by atoms with Gasteiger partial charge in [0.2, 0.25) is 0 Å². The number of amides is 1. The Morgan fingerprint density at radius 2 is 2.08 bits per heavy atom. The average molecular weight is 336 g/mol. The monoisotopic (exact) mass is 336 g/mol. The number of hydrogen-bond donors (Lipinski definition) is 1. The van der Waals surface area contributed by atoms with Crippen molar-refractivity contribution in [1.82, 2.24) is 34.2 Å². The van der Waals surface area contributed by atoms with Gasteiger partial charge in [-0.15, -0.1) is 0 Å². The molecule has 0 aliphatic carbocycles. The molecule has 0 atom stereocenters. The van der Waals surface area contributed by atoms with Gasteiger partial charge in [-0.05, 0) is 13.0 Å². The summed E-state index contributed by atoms with van der Waals surface area (Å²) < 4.78 is 5.17. The molecule has 1 amide bonds. The second-order valence-electron chi connectivity index (χ2n) is 5.54. The summed E-state index contributed by atoms with van der Waals surface area (Å²) in [5.41, 5.74) is 2.58. The third-order valence-corrected chi connectivity index (χ3v) is 3.72. The highest BCUT2D eigenvalue weighted by atomic mass is 16.2. The molecule has 25 heavy (non-hydrogen) atoms. The molecular weight excluding hydrogens is 320 g/mol. The molecule has 4 aromatic rings. The van der Waals surface area contributed by atoms with Crippen molar-refractivity contribution >= 4 is 17.2 Å². The lowest BCUT2D eigenvalue weighted by atomic mass is 10.3. The standard InChI is InChI=1S/C16H16N8O/c1-2-22-9-12(7-18-22)10-23-11-13(8-19-23)20-16(25)14-6-15-17-4-3-5-24(15)21-14/h3-9,11H,2,10H2,1H3,(H,20,25). The summed E-state index contributed by atoms with van der Waals surface area (Å²) in [5, 5.41) is 15.5. The van der Waals surface area contributed by atoms with Crippen molar-refractivity contribution in [3.8, 4) is 0 Å². The van der Waals surface area contributed by atoms with Gasteiger partial charge in [0.05, 0.1) is 24.6 Å². The maximum atomic E-state index is 12.3. The minimum atomic E-state index is -0.302. The van der Waals surface area contributed by atoms with Gasteiger partial charge in [0.1, 0.15) is 0 Å². The smallest absolute Gasteiger partial charge is 0.276 e. The zero-order valence-corrected chi connectivity index (χ0v) is 13.6. The number of fused-ring (bicyclic) bond motifs is 1. The number of aryl methyl sites for hydroxylation is 1. The summed E-state index contributed by atoms with van der Waals surface area (Å²) in [7, 11) is 0. The summed E-state index contributed by atoms with van der Waals surface area (Å²) in [6.45, 7) is 3.45. The van der Waals surface area contributed by atoms with Gasteiger partial charge in [0, 0.05) is 43.0 Å². The topological polar surface area (TPSA) is 94.9 Å². The molecule has 0 aliphatic rings. The Hall–Kier alpha value is -3.49. The predicted octanol–water partition coefficient (Wildman–Crippen LogP) is 1.44. The van der Waals surface area contributed by atoms with Crippen LogP contribution in [-0.2, 0) is 13.1 Å². The molecule has 0 saturated heterocycles. The van der Waals surface area contributed by atoms with Gasteiger partial charge in [-0.2, -0.15) is 15.3 Å². The van der Waals surface area contributed by atoms with Crippen molar-refractivity contribution in [2.45, 2.75) is 20.0 Å². The van der Waals surface area contributed by atoms with Crippen LogP contribution in [0.5, 0.6) is 0 Å². The van der Waals surface area contributed by atoms with E-state index in [1.807, 2.05) is 24.0 Å². The Kier molecular flexibility index (Phi) is 3.73. The molecule has 4 aromatic heterocycles. The van der Waals surface area contributed by atoms with Crippen LogP contribution in [0.4, 0.5) is 5.69 Å². The van der Waals surface area contributed by atoms with Gasteiger partial charge in [0.15, 0.2) is 11.3 Å². The zero-order chi connectivity index (χ0) is 17.2. The fourth-order valence-electron chi connectivity index (χ4n) is 2.50. The Labute approximate surface area is 142 Å². The van der Waals surface area contributed by atoms with Crippen LogP contribution in [0.3, 0.4) is 0 Å². The quantitative estimate of drug-likeness (QED) is 0.595. The maximum absolute atomic E-state index is 12.3. The lowest BCUT2D eigenvalue weighted by Gasteiger charge is -1.99. The van der Waals surface area contributed by atoms with Gasteiger partial charge < -0.3 is 5.32 Å². The molecule has 9 heteroatoms. The molecule has 9 nitrogen and oxygen atoms in total. The van der Waals surface area contributed by atoms with Crippen LogP contribution in [0.25, 0.3) is 5.65 Å². The van der Waals surface area contributed by atoms with E-state index in [1.165, 1.54) is 0 Å². The molecule has 0 fully saturated rings. The third kappa shape index (κ3) is 3.11. The minimum Gasteiger partial charge on any atom is -0.318 e. The van der Waals surface area contributed by atoms with Crippen LogP contribution in [-0.4, -0.2) is 40.1 Å². The predicted molar refractivity (Wildman–Crippen MR) is 90.2 cm³/mol. The molecule has 1 N–H and O–H groups in total. The van der Waals surface area contributed by atoms with Crippen molar-refractivity contribution in [3.63, 3.8) is 0 Å². The van der Waals surface area contributed by atoms with E-state index in [2.05, 4.69) is 25.6 Å². The number of carbonyl (C=O) groups excluding carboxylic acids is 1. The minimum absolute atomic E-state index is 0.302. The molecule has 0 bridgehead atoms. The second kappa shape index (κ2) is 6.19. The summed E-state index contributed by atoms with van der Waals surface area (Å²) in [4.78, 5) is 16.5. The van der Waals surface area contributed by atoms with E-state index in [4.69, 9.17) is 0 Å². The largest absolute Gasteiger partial charge is 0.318 e. The summed E-state index contributed by atoms with van der Waals surface area (Å²) >= 11 is 0. The molecule has 0 unspecified atom stereocenters. The van der Waals surface area contributed by atoms with Crippen LogP contribution in [0.1, 0.15) is 23.0 Å². The van der Waals surface area contributed by atoms with Crippen LogP contribution < -0.4 is 5.32 Å². The van der Waals surface area contributed by atoms with E-state index in [0.29, 0.717) is 23.6 Å². The van der Waals surface area contributed by atoms with Gasteiger partial charge >= 0.3 is 0 Å². The third-order valence-electron chi connectivity index (χ3n) is 3.72. The Balaban J connectivity index is 1.45. The number of aromatic nitrogens is 7. The summed E-state index contributed by atoms with van der Waals surface area (Å²) in [6.07, 6.45) is 10.6. The number of carbonyl (C=O) groups is 1. The van der Waals surface area contributed by atoms with Gasteiger partial charge in [-0.3, -0.25) is 14.2 Å². The van der Waals surface area contributed by atoms with Crippen molar-refractivity contribution in [2.75, 3.05) is 5.32 Å². The van der Waals surface area contributed by atoms with E-state index >= 15 is 0 Å². The van der Waals surface area contributed by atoms with Gasteiger partial charge in [0.25, 0.3) is 5.91 Å². The Bertz CT molecular complexity index is 995. The molecular formula is C16H16N8O. The molecule has 0 aromatic carbocycles. The first-order valence-electron chi connectivity index (χ1n) is 7.87. The highest BCUT2D eigenvalue weighted by Crippen LogP contribution is 2.10. The average Bonchev–Trinajstić information content (AvgIpc) is 3.34. The van der Waals surface area contributed by atoms with Gasteiger partial charge in [-0.25, -0.2) is 9.50 Å². The molecule has 4 heterocycles. The van der Waals surface area contributed by atoms with E-state index in [1.54, 1.807) is 46.1 Å². The Morgan fingerprint density at radius 3 is 2.88 bits per heavy atom. The number of anilines is 1. The van der Waals surface area contributed by atoms with Crippen molar-refractivity contribution in [3.05, 3.63) is 60.6 Å². The SMILES string of the molecule is CCn1cc(Cn2cc(NC(=O)c3cc4ncccn4n3)cn2)cn1. The van der Waals surface area contributed by atoms with E-state index < -0.39 is 0 Å².